The second kappa shape index (κ2) is 16.7. The lowest BCUT2D eigenvalue weighted by atomic mass is 10.00. The van der Waals surface area contributed by atoms with Gasteiger partial charge < -0.3 is 24.2 Å². The molecule has 3 aromatic rings. The van der Waals surface area contributed by atoms with E-state index in [4.69, 9.17) is 24.2 Å². The Morgan fingerprint density at radius 3 is 2.18 bits per heavy atom. The molecule has 0 saturated carbocycles. The molecular weight excluding hydrogens is 637 g/mol. The molecule has 1 atom stereocenters. The van der Waals surface area contributed by atoms with Crippen molar-refractivity contribution in [1.29, 1.82) is 0 Å². The van der Waals surface area contributed by atoms with E-state index >= 15 is 0 Å². The van der Waals surface area contributed by atoms with Crippen LogP contribution in [0.3, 0.4) is 0 Å². The minimum atomic E-state index is -4.20. The van der Waals surface area contributed by atoms with Gasteiger partial charge in [-0.05, 0) is 31.0 Å². The molecule has 16 heteroatoms. The van der Waals surface area contributed by atoms with Gasteiger partial charge in [-0.25, -0.2) is 17.9 Å². The van der Waals surface area contributed by atoms with E-state index in [9.17, 15) is 27.6 Å². The summed E-state index contributed by atoms with van der Waals surface area (Å²) in [7, 11) is -1.60. The summed E-state index contributed by atoms with van der Waals surface area (Å²) in [6, 6.07) is 15.3. The molecule has 236 valence electrons. The number of sulfonamides is 1. The number of esters is 1. The number of amides is 1. The Bertz CT molecular complexity index is 1540. The highest BCUT2D eigenvalue weighted by molar-refractivity contribution is 8.76. The van der Waals surface area contributed by atoms with Gasteiger partial charge in [0.25, 0.3) is 10.0 Å². The number of aromatic nitrogens is 1. The van der Waals surface area contributed by atoms with Gasteiger partial charge in [0.2, 0.25) is 0 Å². The van der Waals surface area contributed by atoms with E-state index in [0.717, 1.165) is 11.1 Å². The summed E-state index contributed by atoms with van der Waals surface area (Å²) in [5, 5.41) is 21.9. The second-order valence-electron chi connectivity index (χ2n) is 9.13. The first-order valence-electron chi connectivity index (χ1n) is 13.1. The molecule has 0 spiro atoms. The molecule has 0 bridgehead atoms. The molecule has 1 aromatic heterocycles. The molecule has 1 heterocycles. The van der Waals surface area contributed by atoms with Gasteiger partial charge in [0.1, 0.15) is 24.7 Å². The molecule has 13 nitrogen and oxygen atoms in total. The number of benzene rings is 2. The van der Waals surface area contributed by atoms with E-state index in [1.54, 1.807) is 19.1 Å². The third kappa shape index (κ3) is 10.6. The number of hydrogen-bond acceptors (Lipinski definition) is 12. The summed E-state index contributed by atoms with van der Waals surface area (Å²) in [6.45, 7) is 1.71. The summed E-state index contributed by atoms with van der Waals surface area (Å²) >= 11 is 0. The molecule has 1 unspecified atom stereocenters. The number of aryl methyl sites for hydroxylation is 1. The van der Waals surface area contributed by atoms with Gasteiger partial charge in [0, 0.05) is 23.5 Å². The highest BCUT2D eigenvalue weighted by Crippen LogP contribution is 2.34. The van der Waals surface area contributed by atoms with Crippen LogP contribution in [0.4, 0.5) is 4.79 Å². The smallest absolute Gasteiger partial charge is 0.421 e. The quantitative estimate of drug-likeness (QED) is 0.102. The Labute approximate surface area is 261 Å². The number of aliphatic carboxylic acids is 2. The van der Waals surface area contributed by atoms with Gasteiger partial charge in [-0.3, -0.25) is 14.4 Å². The summed E-state index contributed by atoms with van der Waals surface area (Å²) in [5.41, 5.74) is 2.88. The predicted molar refractivity (Wildman–Crippen MR) is 162 cm³/mol. The third-order valence-electron chi connectivity index (χ3n) is 5.96. The maximum Gasteiger partial charge on any atom is 0.421 e. The van der Waals surface area contributed by atoms with Crippen LogP contribution in [0.25, 0.3) is 22.4 Å². The number of carbonyl (C=O) groups is 4. The van der Waals surface area contributed by atoms with E-state index in [2.05, 4.69) is 5.16 Å². The molecule has 0 radical (unpaired) electrons. The second-order valence-corrected chi connectivity index (χ2v) is 13.5. The molecule has 3 N–H and O–H groups in total. The lowest BCUT2D eigenvalue weighted by Gasteiger charge is -2.11. The summed E-state index contributed by atoms with van der Waals surface area (Å²) in [4.78, 5) is 45.5. The van der Waals surface area contributed by atoms with Gasteiger partial charge in [0.05, 0.1) is 22.8 Å². The Balaban J connectivity index is 1.37. The predicted octanol–water partition coefficient (Wildman–Crippen LogP) is 4.61. The van der Waals surface area contributed by atoms with Crippen molar-refractivity contribution in [2.24, 2.45) is 5.92 Å². The lowest BCUT2D eigenvalue weighted by molar-refractivity contribution is -0.152. The zero-order valence-electron chi connectivity index (χ0n) is 23.5. The first-order valence-corrected chi connectivity index (χ1v) is 17.1. The number of hydrogen-bond donors (Lipinski definition) is 3. The third-order valence-corrected chi connectivity index (χ3v) is 9.62. The Morgan fingerprint density at radius 1 is 0.932 bits per heavy atom. The average Bonchev–Trinajstić information content (AvgIpc) is 3.37. The number of ether oxygens (including phenoxy) is 2. The maximum absolute atomic E-state index is 12.7. The van der Waals surface area contributed by atoms with Crippen LogP contribution in [-0.4, -0.2) is 72.5 Å². The molecule has 3 rings (SSSR count). The van der Waals surface area contributed by atoms with Crippen LogP contribution >= 0.6 is 21.6 Å². The highest BCUT2D eigenvalue weighted by Gasteiger charge is 2.23. The van der Waals surface area contributed by atoms with Crippen molar-refractivity contribution in [1.82, 2.24) is 9.88 Å². The molecule has 2 aromatic carbocycles. The first kappa shape index (κ1) is 34.5. The summed E-state index contributed by atoms with van der Waals surface area (Å²) in [5.74, 6) is -3.00. The van der Waals surface area contributed by atoms with Crippen molar-refractivity contribution in [3.63, 3.8) is 0 Å². The average molecular weight is 667 g/mol. The molecule has 0 fully saturated rings. The number of carbonyl (C=O) groups excluding carboxylic acids is 2. The molecule has 1 amide bonds. The van der Waals surface area contributed by atoms with Crippen LogP contribution in [0.15, 0.2) is 64.0 Å². The molecule has 0 aliphatic heterocycles. The molecule has 44 heavy (non-hydrogen) atoms. The van der Waals surface area contributed by atoms with Crippen molar-refractivity contribution in [2.45, 2.75) is 31.1 Å². The largest absolute Gasteiger partial charge is 0.481 e. The number of carboxylic acid groups (broad SMARTS) is 2. The lowest BCUT2D eigenvalue weighted by Crippen LogP contribution is -2.31. The Kier molecular flexibility index (Phi) is 13.1. The zero-order valence-corrected chi connectivity index (χ0v) is 25.9. The maximum atomic E-state index is 12.7. The number of nitrogens with one attached hydrogen (secondary N) is 1. The van der Waals surface area contributed by atoms with Gasteiger partial charge in [-0.1, -0.05) is 69.2 Å². The molecular formula is C28H30N2O11S3. The Morgan fingerprint density at radius 2 is 1.57 bits per heavy atom. The highest BCUT2D eigenvalue weighted by atomic mass is 33.1. The summed E-state index contributed by atoms with van der Waals surface area (Å²) < 4.78 is 42.5. The van der Waals surface area contributed by atoms with Crippen molar-refractivity contribution in [3.8, 4) is 22.4 Å². The fourth-order valence-corrected chi connectivity index (χ4v) is 6.39. The molecule has 0 saturated heterocycles. The van der Waals surface area contributed by atoms with Gasteiger partial charge in [-0.15, -0.1) is 0 Å². The van der Waals surface area contributed by atoms with Crippen molar-refractivity contribution >= 4 is 55.6 Å². The van der Waals surface area contributed by atoms with E-state index in [0.29, 0.717) is 28.5 Å². The fraction of sp³-hybridized carbons (Fsp3) is 0.321. The van der Waals surface area contributed by atoms with Gasteiger partial charge in [-0.2, -0.15) is 0 Å². The van der Waals surface area contributed by atoms with Crippen molar-refractivity contribution < 1.29 is 51.8 Å². The van der Waals surface area contributed by atoms with Crippen molar-refractivity contribution in [3.05, 3.63) is 60.4 Å². The fourth-order valence-electron chi connectivity index (χ4n) is 3.85. The monoisotopic (exact) mass is 666 g/mol. The standard InChI is InChI=1S/C28H30N2O11S3/c1-18-25(19-5-3-2-4-6-19)26(29-41-18)20-7-10-22(11-8-20)44(37,38)30-28(36)40-14-16-43-42-15-13-39-24(33)17-21(27(34)35)9-12-23(31)32/h2-8,10-11,21H,9,12-17H2,1H3,(H,30,36)(H,31,32)(H,34,35). The topological polar surface area (TPSA) is 199 Å². The number of nitrogens with zero attached hydrogens (tertiary/aromatic N) is 1. The normalized spacial score (nSPS) is 11.8. The summed E-state index contributed by atoms with van der Waals surface area (Å²) in [6.07, 6.45) is -2.10. The molecule has 0 aliphatic rings. The zero-order chi connectivity index (χ0) is 32.1. The van der Waals surface area contributed by atoms with E-state index < -0.39 is 46.4 Å². The number of rotatable bonds is 17. The van der Waals surface area contributed by atoms with Crippen LogP contribution in [0, 0.1) is 12.8 Å². The van der Waals surface area contributed by atoms with Crippen LogP contribution < -0.4 is 4.72 Å². The van der Waals surface area contributed by atoms with Crippen LogP contribution in [-0.2, 0) is 33.9 Å². The van der Waals surface area contributed by atoms with Gasteiger partial charge in [0.15, 0.2) is 0 Å². The van der Waals surface area contributed by atoms with Crippen LogP contribution in [0.2, 0.25) is 0 Å². The van der Waals surface area contributed by atoms with Crippen LogP contribution in [0.5, 0.6) is 0 Å². The van der Waals surface area contributed by atoms with E-state index in [1.165, 1.54) is 33.7 Å². The minimum Gasteiger partial charge on any atom is -0.481 e. The van der Waals surface area contributed by atoms with Crippen LogP contribution in [0.1, 0.15) is 25.0 Å². The minimum absolute atomic E-state index is 0.00395. The van der Waals surface area contributed by atoms with E-state index in [-0.39, 0.29) is 31.0 Å². The number of carboxylic acids is 2. The SMILES string of the molecule is Cc1onc(-c2ccc(S(=O)(=O)NC(=O)OCCSSCCOC(=O)CC(CCC(=O)O)C(=O)O)cc2)c1-c1ccccc1. The first-order chi connectivity index (χ1) is 21.0. The van der Waals surface area contributed by atoms with E-state index in [1.807, 2.05) is 35.1 Å². The van der Waals surface area contributed by atoms with Crippen molar-refractivity contribution in [2.75, 3.05) is 24.7 Å². The van der Waals surface area contributed by atoms with Gasteiger partial charge >= 0.3 is 24.0 Å². The Hall–Kier alpha value is -4.02. The molecule has 0 aliphatic carbocycles.